The summed E-state index contributed by atoms with van der Waals surface area (Å²) in [6, 6.07) is 15.4. The zero-order valence-corrected chi connectivity index (χ0v) is 11.0. The maximum absolute atomic E-state index is 4.95. The highest BCUT2D eigenvalue weighted by molar-refractivity contribution is 7.80. The first-order chi connectivity index (χ1) is 8.40. The van der Waals surface area contributed by atoms with E-state index >= 15 is 0 Å². The van der Waals surface area contributed by atoms with Gasteiger partial charge in [-0.15, -0.1) is 0 Å². The normalized spacial score (nSPS) is 10.9. The summed E-state index contributed by atoms with van der Waals surface area (Å²) in [5.41, 5.74) is 1.46. The van der Waals surface area contributed by atoms with Crippen LogP contribution in [0.2, 0.25) is 0 Å². The Bertz CT molecular complexity index is 462. The van der Waals surface area contributed by atoms with Gasteiger partial charge in [-0.1, -0.05) is 67.9 Å². The van der Waals surface area contributed by atoms with E-state index < -0.39 is 0 Å². The number of unbranched alkanes of at least 4 members (excludes halogenated alkanes) is 3. The number of rotatable bonds is 6. The molecule has 2 aromatic carbocycles. The second-order valence-electron chi connectivity index (χ2n) is 4.55. The van der Waals surface area contributed by atoms with E-state index in [1.165, 1.54) is 48.4 Å². The minimum atomic E-state index is 0.913. The maximum Gasteiger partial charge on any atom is 0.00369 e. The number of benzene rings is 2. The minimum Gasteiger partial charge on any atom is -0.0942 e. The summed E-state index contributed by atoms with van der Waals surface area (Å²) in [6.45, 7) is 0. The van der Waals surface area contributed by atoms with Crippen LogP contribution in [0.15, 0.2) is 42.5 Å². The fourth-order valence-electron chi connectivity index (χ4n) is 2.18. The molecular formula is C16H19S. The topological polar surface area (TPSA) is 0 Å². The Morgan fingerprint density at radius 3 is 2.35 bits per heavy atom. The summed E-state index contributed by atoms with van der Waals surface area (Å²) in [5, 5.41) is 2.69. The van der Waals surface area contributed by atoms with Gasteiger partial charge in [0.1, 0.15) is 0 Å². The van der Waals surface area contributed by atoms with Gasteiger partial charge < -0.3 is 0 Å². The summed E-state index contributed by atoms with van der Waals surface area (Å²) >= 11 is 4.95. The SMILES string of the molecule is [S]CCCCCCc1ccc2ccccc2c1. The molecule has 0 aromatic heterocycles. The van der Waals surface area contributed by atoms with E-state index in [4.69, 9.17) is 12.6 Å². The van der Waals surface area contributed by atoms with E-state index in [1.54, 1.807) is 0 Å². The molecule has 2 aromatic rings. The zero-order chi connectivity index (χ0) is 11.9. The maximum atomic E-state index is 4.95. The molecule has 0 nitrogen and oxygen atoms in total. The molecule has 0 aliphatic heterocycles. The van der Waals surface area contributed by atoms with Crippen LogP contribution >= 0.6 is 12.6 Å². The van der Waals surface area contributed by atoms with Crippen LogP contribution in [0.25, 0.3) is 10.8 Å². The second-order valence-corrected chi connectivity index (χ2v) is 4.96. The van der Waals surface area contributed by atoms with Crippen molar-refractivity contribution in [2.45, 2.75) is 32.1 Å². The van der Waals surface area contributed by atoms with Gasteiger partial charge in [0, 0.05) is 5.75 Å². The first kappa shape index (κ1) is 12.5. The molecule has 17 heavy (non-hydrogen) atoms. The van der Waals surface area contributed by atoms with Gasteiger partial charge in [-0.25, -0.2) is 0 Å². The Hall–Kier alpha value is -0.950. The molecule has 0 unspecified atom stereocenters. The highest BCUT2D eigenvalue weighted by Crippen LogP contribution is 2.17. The molecular weight excluding hydrogens is 224 g/mol. The van der Waals surface area contributed by atoms with Crippen LogP contribution in [-0.4, -0.2) is 5.75 Å². The van der Waals surface area contributed by atoms with Gasteiger partial charge in [-0.3, -0.25) is 0 Å². The third-order valence-electron chi connectivity index (χ3n) is 3.17. The molecule has 0 spiro atoms. The highest BCUT2D eigenvalue weighted by Gasteiger charge is 1.96. The highest BCUT2D eigenvalue weighted by atomic mass is 32.1. The molecule has 0 N–H and O–H groups in total. The number of aryl methyl sites for hydroxylation is 1. The van der Waals surface area contributed by atoms with Crippen molar-refractivity contribution in [1.29, 1.82) is 0 Å². The van der Waals surface area contributed by atoms with E-state index in [-0.39, 0.29) is 0 Å². The summed E-state index contributed by atoms with van der Waals surface area (Å²) in [5.74, 6) is 0.913. The van der Waals surface area contributed by atoms with E-state index in [2.05, 4.69) is 42.5 Å². The summed E-state index contributed by atoms with van der Waals surface area (Å²) in [6.07, 6.45) is 6.28. The van der Waals surface area contributed by atoms with Gasteiger partial charge in [0.05, 0.1) is 0 Å². The predicted octanol–water partition coefficient (Wildman–Crippen LogP) is 5.14. The quantitative estimate of drug-likeness (QED) is 0.616. The Labute approximate surface area is 109 Å². The molecule has 2 rings (SSSR count). The lowest BCUT2D eigenvalue weighted by Gasteiger charge is -2.03. The van der Waals surface area contributed by atoms with Crippen molar-refractivity contribution >= 4 is 23.4 Å². The van der Waals surface area contributed by atoms with Crippen molar-refractivity contribution in [1.82, 2.24) is 0 Å². The van der Waals surface area contributed by atoms with Crippen LogP contribution < -0.4 is 0 Å². The van der Waals surface area contributed by atoms with E-state index in [1.807, 2.05) is 0 Å². The fraction of sp³-hybridized carbons (Fsp3) is 0.375. The molecule has 89 valence electrons. The van der Waals surface area contributed by atoms with Gasteiger partial charge in [0.25, 0.3) is 0 Å². The molecule has 0 heterocycles. The van der Waals surface area contributed by atoms with Crippen molar-refractivity contribution in [2.75, 3.05) is 5.75 Å². The van der Waals surface area contributed by atoms with Crippen molar-refractivity contribution in [2.24, 2.45) is 0 Å². The van der Waals surface area contributed by atoms with Gasteiger partial charge in [0.2, 0.25) is 0 Å². The lowest BCUT2D eigenvalue weighted by molar-refractivity contribution is 0.671. The van der Waals surface area contributed by atoms with Gasteiger partial charge in [-0.2, -0.15) is 0 Å². The van der Waals surface area contributed by atoms with E-state index in [0.717, 1.165) is 5.75 Å². The largest absolute Gasteiger partial charge is 0.0942 e. The number of hydrogen-bond donors (Lipinski definition) is 0. The summed E-state index contributed by atoms with van der Waals surface area (Å²) < 4.78 is 0. The Morgan fingerprint density at radius 1 is 0.765 bits per heavy atom. The van der Waals surface area contributed by atoms with Crippen LogP contribution in [0, 0.1) is 0 Å². The Kier molecular flexibility index (Phi) is 4.93. The monoisotopic (exact) mass is 243 g/mol. The summed E-state index contributed by atoms with van der Waals surface area (Å²) in [7, 11) is 0. The summed E-state index contributed by atoms with van der Waals surface area (Å²) in [4.78, 5) is 0. The third kappa shape index (κ3) is 3.78. The Balaban J connectivity index is 1.90. The molecule has 1 radical (unpaired) electrons. The van der Waals surface area contributed by atoms with Crippen LogP contribution in [0.1, 0.15) is 31.2 Å². The average molecular weight is 243 g/mol. The van der Waals surface area contributed by atoms with Crippen LogP contribution in [-0.2, 0) is 6.42 Å². The van der Waals surface area contributed by atoms with Crippen molar-refractivity contribution < 1.29 is 0 Å². The van der Waals surface area contributed by atoms with Crippen LogP contribution in [0.5, 0.6) is 0 Å². The number of fused-ring (bicyclic) bond motifs is 1. The standard InChI is InChI=1S/C16H19S/c17-12-6-2-1-3-7-14-10-11-15-8-4-5-9-16(15)13-14/h4-5,8-11,13H,1-3,6-7,12H2. The van der Waals surface area contributed by atoms with Gasteiger partial charge in [-0.05, 0) is 35.6 Å². The zero-order valence-electron chi connectivity index (χ0n) is 10.2. The van der Waals surface area contributed by atoms with Gasteiger partial charge in [0.15, 0.2) is 0 Å². The van der Waals surface area contributed by atoms with Gasteiger partial charge >= 0.3 is 0 Å². The van der Waals surface area contributed by atoms with E-state index in [9.17, 15) is 0 Å². The van der Waals surface area contributed by atoms with Crippen molar-refractivity contribution in [3.8, 4) is 0 Å². The molecule has 0 atom stereocenters. The molecule has 0 aliphatic rings. The molecule has 0 saturated carbocycles. The van der Waals surface area contributed by atoms with Crippen molar-refractivity contribution in [3.05, 3.63) is 48.0 Å². The Morgan fingerprint density at radius 2 is 1.53 bits per heavy atom. The third-order valence-corrected chi connectivity index (χ3v) is 3.46. The van der Waals surface area contributed by atoms with Crippen LogP contribution in [0.3, 0.4) is 0 Å². The number of hydrogen-bond acceptors (Lipinski definition) is 0. The van der Waals surface area contributed by atoms with Crippen LogP contribution in [0.4, 0.5) is 0 Å². The second kappa shape index (κ2) is 6.70. The lowest BCUT2D eigenvalue weighted by atomic mass is 10.0. The first-order valence-corrected chi connectivity index (χ1v) is 7.03. The molecule has 0 fully saturated rings. The molecule has 0 amide bonds. The molecule has 0 aliphatic carbocycles. The first-order valence-electron chi connectivity index (χ1n) is 6.46. The fourth-order valence-corrected chi connectivity index (χ4v) is 2.38. The lowest BCUT2D eigenvalue weighted by Crippen LogP contribution is -1.87. The van der Waals surface area contributed by atoms with E-state index in [0.29, 0.717) is 0 Å². The molecule has 0 saturated heterocycles. The molecule has 1 heteroatoms. The minimum absolute atomic E-state index is 0.913. The van der Waals surface area contributed by atoms with Crippen molar-refractivity contribution in [3.63, 3.8) is 0 Å². The molecule has 0 bridgehead atoms. The average Bonchev–Trinajstić information content (AvgIpc) is 2.38. The predicted molar refractivity (Wildman–Crippen MR) is 78.6 cm³/mol. The smallest absolute Gasteiger partial charge is 0.00369 e.